The molecule has 2 aromatic carbocycles. The van der Waals surface area contributed by atoms with Crippen LogP contribution in [0.25, 0.3) is 33.6 Å². The average molecular weight is 484 g/mol. The van der Waals surface area contributed by atoms with E-state index in [0.29, 0.717) is 53.6 Å². The first-order valence-corrected chi connectivity index (χ1v) is 11.9. The molecule has 5 aromatic rings. The Balaban J connectivity index is 1.40. The van der Waals surface area contributed by atoms with Crippen molar-refractivity contribution in [3.8, 4) is 23.2 Å². The number of aromatic amines is 2. The maximum atomic E-state index is 12.9. The number of rotatable bonds is 8. The third-order valence-corrected chi connectivity index (χ3v) is 5.92. The van der Waals surface area contributed by atoms with Crippen LogP contribution in [0.5, 0.6) is 5.75 Å². The molecular formula is C26H25N7O3. The molecule has 0 saturated heterocycles. The number of benzene rings is 2. The summed E-state index contributed by atoms with van der Waals surface area (Å²) in [5.41, 5.74) is 2.91. The van der Waals surface area contributed by atoms with Gasteiger partial charge in [0.05, 0.1) is 22.7 Å². The average Bonchev–Trinajstić information content (AvgIpc) is 3.52. The van der Waals surface area contributed by atoms with Gasteiger partial charge in [-0.1, -0.05) is 13.8 Å². The van der Waals surface area contributed by atoms with Crippen molar-refractivity contribution in [3.63, 3.8) is 0 Å². The molecule has 3 heterocycles. The van der Waals surface area contributed by atoms with Crippen molar-refractivity contribution in [2.75, 3.05) is 0 Å². The molecule has 3 aromatic heterocycles. The Kier molecular flexibility index (Phi) is 6.12. The van der Waals surface area contributed by atoms with Crippen LogP contribution in [0.1, 0.15) is 38.1 Å². The van der Waals surface area contributed by atoms with Crippen molar-refractivity contribution in [1.82, 2.24) is 29.1 Å². The first kappa shape index (κ1) is 23.1. The Morgan fingerprint density at radius 1 is 0.972 bits per heavy atom. The van der Waals surface area contributed by atoms with E-state index in [-0.39, 0.29) is 17.9 Å². The Labute approximate surface area is 205 Å². The molecule has 36 heavy (non-hydrogen) atoms. The van der Waals surface area contributed by atoms with Crippen molar-refractivity contribution in [3.05, 3.63) is 74.7 Å². The molecule has 0 saturated carbocycles. The number of fused-ring (bicyclic) bond motifs is 2. The number of imidazole rings is 2. The van der Waals surface area contributed by atoms with Crippen LogP contribution < -0.4 is 16.0 Å². The molecule has 0 aliphatic carbocycles. The number of nitriles is 1. The number of nitrogens with one attached hydrogen (secondary N) is 2. The van der Waals surface area contributed by atoms with Gasteiger partial charge in [0.25, 0.3) is 5.56 Å². The highest BCUT2D eigenvalue weighted by atomic mass is 16.5. The van der Waals surface area contributed by atoms with Gasteiger partial charge in [0.15, 0.2) is 5.65 Å². The highest BCUT2D eigenvalue weighted by Gasteiger charge is 2.17. The Morgan fingerprint density at radius 2 is 1.72 bits per heavy atom. The van der Waals surface area contributed by atoms with Gasteiger partial charge in [-0.25, -0.2) is 14.8 Å². The first-order valence-electron chi connectivity index (χ1n) is 11.9. The quantitative estimate of drug-likeness (QED) is 0.346. The molecule has 0 radical (unpaired) electrons. The van der Waals surface area contributed by atoms with Gasteiger partial charge in [0.1, 0.15) is 29.5 Å². The minimum atomic E-state index is -0.351. The third-order valence-electron chi connectivity index (χ3n) is 5.92. The summed E-state index contributed by atoms with van der Waals surface area (Å²) in [5, 5.41) is 9.05. The first-order chi connectivity index (χ1) is 17.5. The highest BCUT2D eigenvalue weighted by molar-refractivity contribution is 5.77. The Bertz CT molecular complexity index is 1720. The predicted octanol–water partition coefficient (Wildman–Crippen LogP) is 3.70. The van der Waals surface area contributed by atoms with Crippen LogP contribution in [0, 0.1) is 11.3 Å². The molecule has 182 valence electrons. The van der Waals surface area contributed by atoms with Crippen LogP contribution in [-0.4, -0.2) is 29.1 Å². The number of hydrogen-bond acceptors (Lipinski definition) is 6. The lowest BCUT2D eigenvalue weighted by Gasteiger charge is -2.09. The van der Waals surface area contributed by atoms with Crippen LogP contribution >= 0.6 is 0 Å². The van der Waals surface area contributed by atoms with Crippen molar-refractivity contribution in [2.24, 2.45) is 0 Å². The van der Waals surface area contributed by atoms with Crippen LogP contribution in [0.2, 0.25) is 0 Å². The van der Waals surface area contributed by atoms with E-state index in [4.69, 9.17) is 10.00 Å². The SMILES string of the molecule is CCCn1c(=O)c2[nH]c(-c3ccc(OCc4nc5ccc(C#N)cc5[nH]4)cc3)nc2n(CCC)c1=O. The molecule has 10 nitrogen and oxygen atoms in total. The van der Waals surface area contributed by atoms with Gasteiger partial charge in [0.2, 0.25) is 0 Å². The molecular weight excluding hydrogens is 458 g/mol. The van der Waals surface area contributed by atoms with Crippen molar-refractivity contribution < 1.29 is 4.74 Å². The smallest absolute Gasteiger partial charge is 0.332 e. The van der Waals surface area contributed by atoms with E-state index < -0.39 is 0 Å². The molecule has 2 N–H and O–H groups in total. The van der Waals surface area contributed by atoms with Gasteiger partial charge in [-0.3, -0.25) is 13.9 Å². The molecule has 10 heteroatoms. The molecule has 0 amide bonds. The molecule has 0 bridgehead atoms. The van der Waals surface area contributed by atoms with E-state index in [1.807, 2.05) is 38.1 Å². The predicted molar refractivity (Wildman–Crippen MR) is 136 cm³/mol. The Hall–Kier alpha value is -4.65. The van der Waals surface area contributed by atoms with Crippen molar-refractivity contribution >= 4 is 22.2 Å². The zero-order valence-corrected chi connectivity index (χ0v) is 20.0. The number of hydrogen-bond donors (Lipinski definition) is 2. The maximum Gasteiger partial charge on any atom is 0.332 e. The minimum absolute atomic E-state index is 0.237. The van der Waals surface area contributed by atoms with E-state index in [2.05, 4.69) is 26.0 Å². The third kappa shape index (κ3) is 4.15. The van der Waals surface area contributed by atoms with Crippen LogP contribution in [0.15, 0.2) is 52.1 Å². The van der Waals surface area contributed by atoms with E-state index in [9.17, 15) is 9.59 Å². The fraction of sp³-hybridized carbons (Fsp3) is 0.269. The molecule has 0 spiro atoms. The van der Waals surface area contributed by atoms with E-state index in [1.165, 1.54) is 4.57 Å². The normalized spacial score (nSPS) is 11.2. The molecule has 0 aliphatic rings. The van der Waals surface area contributed by atoms with Gasteiger partial charge in [-0.2, -0.15) is 5.26 Å². The number of H-pyrrole nitrogens is 2. The van der Waals surface area contributed by atoms with Crippen LogP contribution in [-0.2, 0) is 19.7 Å². The molecule has 0 atom stereocenters. The lowest BCUT2D eigenvalue weighted by Crippen LogP contribution is -2.40. The number of nitrogens with zero attached hydrogens (tertiary/aromatic N) is 5. The van der Waals surface area contributed by atoms with Crippen LogP contribution in [0.4, 0.5) is 0 Å². The minimum Gasteiger partial charge on any atom is -0.486 e. The lowest BCUT2D eigenvalue weighted by molar-refractivity contribution is 0.297. The van der Waals surface area contributed by atoms with E-state index >= 15 is 0 Å². The molecule has 5 rings (SSSR count). The van der Waals surface area contributed by atoms with Gasteiger partial charge in [-0.15, -0.1) is 0 Å². The topological polar surface area (TPSA) is 134 Å². The largest absolute Gasteiger partial charge is 0.486 e. The monoisotopic (exact) mass is 483 g/mol. The number of ether oxygens (including phenoxy) is 1. The second kappa shape index (κ2) is 9.54. The fourth-order valence-electron chi connectivity index (χ4n) is 4.21. The fourth-order valence-corrected chi connectivity index (χ4v) is 4.21. The zero-order chi connectivity index (χ0) is 25.2. The number of aryl methyl sites for hydroxylation is 1. The second-order valence-corrected chi connectivity index (χ2v) is 8.52. The summed E-state index contributed by atoms with van der Waals surface area (Å²) in [4.78, 5) is 41.2. The standard InChI is InChI=1S/C26H25N7O3/c1-3-11-32-24-22(25(34)33(12-4-2)26(32)35)30-23(31-24)17-6-8-18(9-7-17)36-15-21-28-19-10-5-16(14-27)13-20(19)29-21/h5-10,13H,3-4,11-12,15H2,1-2H3,(H,28,29)(H,30,31). The van der Waals surface area contributed by atoms with E-state index in [1.54, 1.807) is 22.8 Å². The summed E-state index contributed by atoms with van der Waals surface area (Å²) >= 11 is 0. The van der Waals surface area contributed by atoms with E-state index in [0.717, 1.165) is 23.0 Å². The molecule has 0 unspecified atom stereocenters. The van der Waals surface area contributed by atoms with Crippen LogP contribution in [0.3, 0.4) is 0 Å². The highest BCUT2D eigenvalue weighted by Crippen LogP contribution is 2.23. The maximum absolute atomic E-state index is 12.9. The number of aromatic nitrogens is 6. The van der Waals surface area contributed by atoms with Crippen molar-refractivity contribution in [2.45, 2.75) is 46.4 Å². The summed E-state index contributed by atoms with van der Waals surface area (Å²) in [6.45, 7) is 5.00. The van der Waals surface area contributed by atoms with Crippen molar-refractivity contribution in [1.29, 1.82) is 5.26 Å². The lowest BCUT2D eigenvalue weighted by atomic mass is 10.2. The van der Waals surface area contributed by atoms with Gasteiger partial charge >= 0.3 is 5.69 Å². The van der Waals surface area contributed by atoms with Gasteiger partial charge in [-0.05, 0) is 55.3 Å². The second-order valence-electron chi connectivity index (χ2n) is 8.52. The summed E-state index contributed by atoms with van der Waals surface area (Å²) in [6.07, 6.45) is 1.43. The molecule has 0 aliphatic heterocycles. The summed E-state index contributed by atoms with van der Waals surface area (Å²) in [7, 11) is 0. The van der Waals surface area contributed by atoms with Gasteiger partial charge < -0.3 is 14.7 Å². The van der Waals surface area contributed by atoms with Gasteiger partial charge in [0, 0.05) is 18.7 Å². The molecule has 0 fully saturated rings. The summed E-state index contributed by atoms with van der Waals surface area (Å²) < 4.78 is 8.71. The summed E-state index contributed by atoms with van der Waals surface area (Å²) in [5.74, 6) is 1.80. The Morgan fingerprint density at radius 3 is 2.44 bits per heavy atom. The zero-order valence-electron chi connectivity index (χ0n) is 20.0. The summed E-state index contributed by atoms with van der Waals surface area (Å²) in [6, 6.07) is 14.7.